The van der Waals surface area contributed by atoms with Crippen LogP contribution in [-0.2, 0) is 0 Å². The number of aromatic nitrogens is 1. The molecule has 1 amide bonds. The van der Waals surface area contributed by atoms with Crippen LogP contribution < -0.4 is 16.4 Å². The molecule has 0 aliphatic heterocycles. The molecule has 0 spiro atoms. The lowest BCUT2D eigenvalue weighted by atomic mass is 9.95. The Morgan fingerprint density at radius 1 is 1.53 bits per heavy atom. The van der Waals surface area contributed by atoms with Crippen LogP contribution in [-0.4, -0.2) is 34.6 Å². The molecular weight excluding hydrogens is 264 g/mol. The molecule has 0 fully saturated rings. The number of nitrogens with two attached hydrogens (primary N) is 1. The first-order valence-electron chi connectivity index (χ1n) is 6.17. The van der Waals surface area contributed by atoms with Gasteiger partial charge in [-0.2, -0.15) is 4.37 Å². The Morgan fingerprint density at radius 2 is 2.16 bits per heavy atom. The zero-order valence-corrected chi connectivity index (χ0v) is 12.6. The molecule has 108 valence electrons. The van der Waals surface area contributed by atoms with Crippen LogP contribution in [0.2, 0.25) is 0 Å². The fraction of sp³-hybridized carbons (Fsp3) is 0.667. The van der Waals surface area contributed by atoms with Gasteiger partial charge in [-0.3, -0.25) is 4.79 Å². The van der Waals surface area contributed by atoms with Gasteiger partial charge in [0.2, 0.25) is 0 Å². The normalized spacial score (nSPS) is 11.7. The quantitative estimate of drug-likeness (QED) is 0.631. The van der Waals surface area contributed by atoms with Gasteiger partial charge >= 0.3 is 0 Å². The number of nitrogens with zero attached hydrogens (tertiary/aromatic N) is 1. The second-order valence-electron chi connectivity index (χ2n) is 5.58. The molecule has 0 bridgehead atoms. The van der Waals surface area contributed by atoms with Crippen LogP contribution in [0.5, 0.6) is 0 Å². The predicted octanol–water partition coefficient (Wildman–Crippen LogP) is 1.29. The molecule has 0 aromatic carbocycles. The number of carbonyl (C=O) groups is 1. The minimum Gasteiger partial charge on any atom is -0.396 e. The van der Waals surface area contributed by atoms with Crippen LogP contribution >= 0.6 is 11.5 Å². The molecule has 1 aromatic heterocycles. The molecule has 1 aromatic rings. The lowest BCUT2D eigenvalue weighted by Crippen LogP contribution is -2.32. The molecule has 0 saturated heterocycles. The van der Waals surface area contributed by atoms with E-state index in [4.69, 9.17) is 5.73 Å². The highest BCUT2D eigenvalue weighted by Crippen LogP contribution is 2.28. The van der Waals surface area contributed by atoms with Gasteiger partial charge in [-0.1, -0.05) is 13.8 Å². The van der Waals surface area contributed by atoms with Crippen molar-refractivity contribution < 1.29 is 9.90 Å². The van der Waals surface area contributed by atoms with Gasteiger partial charge in [0.05, 0.1) is 0 Å². The number of hydrogen-bond acceptors (Lipinski definition) is 6. The number of carbonyl (C=O) groups excluding carboxylic acids is 1. The SMILES string of the molecule is CC(C)NC(=O)c1c(N)nsc1NCC(C)(C)CO. The van der Waals surface area contributed by atoms with Crippen molar-refractivity contribution in [3.63, 3.8) is 0 Å². The van der Waals surface area contributed by atoms with Crippen LogP contribution in [0.4, 0.5) is 10.8 Å². The van der Waals surface area contributed by atoms with E-state index < -0.39 is 0 Å². The average molecular weight is 286 g/mol. The summed E-state index contributed by atoms with van der Waals surface area (Å²) in [5.74, 6) is -0.00184. The smallest absolute Gasteiger partial charge is 0.258 e. The summed E-state index contributed by atoms with van der Waals surface area (Å²) >= 11 is 1.15. The largest absolute Gasteiger partial charge is 0.396 e. The topological polar surface area (TPSA) is 100 Å². The number of nitrogen functional groups attached to an aromatic ring is 1. The van der Waals surface area contributed by atoms with E-state index >= 15 is 0 Å². The first-order chi connectivity index (χ1) is 8.76. The summed E-state index contributed by atoms with van der Waals surface area (Å²) in [4.78, 5) is 12.0. The van der Waals surface area contributed by atoms with Gasteiger partial charge in [0.1, 0.15) is 10.6 Å². The van der Waals surface area contributed by atoms with E-state index in [0.717, 1.165) is 11.5 Å². The Morgan fingerprint density at radius 3 is 2.68 bits per heavy atom. The van der Waals surface area contributed by atoms with Gasteiger partial charge in [-0.05, 0) is 25.4 Å². The molecule has 0 aliphatic rings. The lowest BCUT2D eigenvalue weighted by molar-refractivity contribution is 0.0945. The van der Waals surface area contributed by atoms with E-state index in [2.05, 4.69) is 15.0 Å². The second kappa shape index (κ2) is 6.21. The average Bonchev–Trinajstić information content (AvgIpc) is 2.67. The fourth-order valence-electron chi connectivity index (χ4n) is 1.35. The van der Waals surface area contributed by atoms with Gasteiger partial charge in [0.15, 0.2) is 5.82 Å². The van der Waals surface area contributed by atoms with E-state index in [9.17, 15) is 9.90 Å². The van der Waals surface area contributed by atoms with Crippen molar-refractivity contribution in [1.82, 2.24) is 9.69 Å². The first kappa shape index (κ1) is 15.7. The Hall–Kier alpha value is -1.34. The van der Waals surface area contributed by atoms with Crippen LogP contribution in [0, 0.1) is 5.41 Å². The maximum absolute atomic E-state index is 12.0. The summed E-state index contributed by atoms with van der Waals surface area (Å²) in [6.45, 7) is 8.22. The Kier molecular flexibility index (Phi) is 5.13. The molecular formula is C12H22N4O2S. The van der Waals surface area contributed by atoms with Gasteiger partial charge in [-0.25, -0.2) is 0 Å². The summed E-state index contributed by atoms with van der Waals surface area (Å²) < 4.78 is 4.01. The monoisotopic (exact) mass is 286 g/mol. The summed E-state index contributed by atoms with van der Waals surface area (Å²) in [5.41, 5.74) is 5.85. The number of aliphatic hydroxyl groups is 1. The highest BCUT2D eigenvalue weighted by molar-refractivity contribution is 7.11. The summed E-state index contributed by atoms with van der Waals surface area (Å²) in [7, 11) is 0. The molecule has 0 saturated carbocycles. The summed E-state index contributed by atoms with van der Waals surface area (Å²) in [6.07, 6.45) is 0. The molecule has 0 unspecified atom stereocenters. The van der Waals surface area contributed by atoms with Crippen molar-refractivity contribution in [3.05, 3.63) is 5.56 Å². The molecule has 7 heteroatoms. The first-order valence-corrected chi connectivity index (χ1v) is 6.95. The number of anilines is 2. The van der Waals surface area contributed by atoms with Crippen molar-refractivity contribution >= 4 is 28.3 Å². The number of rotatable bonds is 6. The van der Waals surface area contributed by atoms with Crippen molar-refractivity contribution in [1.29, 1.82) is 0 Å². The standard InChI is InChI=1S/C12H22N4O2S/c1-7(2)15-10(18)8-9(13)16-19-11(8)14-5-12(3,4)6-17/h7,14,17H,5-6H2,1-4H3,(H2,13,16)(H,15,18). The molecule has 19 heavy (non-hydrogen) atoms. The Labute approximate surface area is 117 Å². The van der Waals surface area contributed by atoms with Crippen LogP contribution in [0.15, 0.2) is 0 Å². The number of hydrogen-bond donors (Lipinski definition) is 4. The number of nitrogens with one attached hydrogen (secondary N) is 2. The second-order valence-corrected chi connectivity index (χ2v) is 6.35. The molecule has 1 rings (SSSR count). The van der Waals surface area contributed by atoms with E-state index in [1.165, 1.54) is 0 Å². The molecule has 5 N–H and O–H groups in total. The van der Waals surface area contributed by atoms with Gasteiger partial charge in [0, 0.05) is 24.6 Å². The molecule has 0 aliphatic carbocycles. The third-order valence-corrected chi connectivity index (χ3v) is 3.34. The number of amides is 1. The molecule has 0 radical (unpaired) electrons. The van der Waals surface area contributed by atoms with E-state index in [-0.39, 0.29) is 29.8 Å². The minimum absolute atomic E-state index is 0.0357. The zero-order chi connectivity index (χ0) is 14.6. The van der Waals surface area contributed by atoms with Gasteiger partial charge < -0.3 is 21.5 Å². The van der Waals surface area contributed by atoms with Crippen molar-refractivity contribution in [2.75, 3.05) is 24.2 Å². The molecule has 0 atom stereocenters. The van der Waals surface area contributed by atoms with E-state index in [1.807, 2.05) is 27.7 Å². The van der Waals surface area contributed by atoms with Crippen LogP contribution in [0.3, 0.4) is 0 Å². The van der Waals surface area contributed by atoms with E-state index in [1.54, 1.807) is 0 Å². The summed E-state index contributed by atoms with van der Waals surface area (Å²) in [6, 6.07) is 0.0357. The van der Waals surface area contributed by atoms with Crippen molar-refractivity contribution in [2.24, 2.45) is 5.41 Å². The molecule has 6 nitrogen and oxygen atoms in total. The predicted molar refractivity (Wildman–Crippen MR) is 78.5 cm³/mol. The maximum atomic E-state index is 12.0. The van der Waals surface area contributed by atoms with Crippen LogP contribution in [0.25, 0.3) is 0 Å². The minimum atomic E-state index is -0.273. The lowest BCUT2D eigenvalue weighted by Gasteiger charge is -2.22. The van der Waals surface area contributed by atoms with Gasteiger partial charge in [0.25, 0.3) is 5.91 Å². The highest BCUT2D eigenvalue weighted by atomic mass is 32.1. The highest BCUT2D eigenvalue weighted by Gasteiger charge is 2.22. The molecule has 1 heterocycles. The summed E-state index contributed by atoms with van der Waals surface area (Å²) in [5, 5.41) is 15.8. The van der Waals surface area contributed by atoms with Crippen LogP contribution in [0.1, 0.15) is 38.1 Å². The van der Waals surface area contributed by atoms with Crippen molar-refractivity contribution in [2.45, 2.75) is 33.7 Å². The van der Waals surface area contributed by atoms with E-state index in [0.29, 0.717) is 17.1 Å². The van der Waals surface area contributed by atoms with Crippen molar-refractivity contribution in [3.8, 4) is 0 Å². The maximum Gasteiger partial charge on any atom is 0.258 e. The fourth-order valence-corrected chi connectivity index (χ4v) is 2.06. The zero-order valence-electron chi connectivity index (χ0n) is 11.8. The Bertz CT molecular complexity index is 443. The third kappa shape index (κ3) is 4.36. The Balaban J connectivity index is 2.83. The number of aliphatic hydroxyl groups excluding tert-OH is 1. The third-order valence-electron chi connectivity index (χ3n) is 2.52. The van der Waals surface area contributed by atoms with Gasteiger partial charge in [-0.15, -0.1) is 0 Å².